The Morgan fingerprint density at radius 2 is 2.13 bits per heavy atom. The number of aliphatic carboxylic acids is 1. The van der Waals surface area contributed by atoms with Crippen molar-refractivity contribution in [2.24, 2.45) is 11.8 Å². The standard InChI is InChI=1S/C16H23N3O4/c1-19(9-11-3-5-12(6-4-11)16(21)22)15-13(17-10-20)7-8-14(18-15)23-2/h7-8,10-12H,3-6,9H2,1-2H3,(H,17,20)(H,21,22). The van der Waals surface area contributed by atoms with Gasteiger partial charge in [-0.1, -0.05) is 0 Å². The molecule has 2 N–H and O–H groups in total. The molecule has 0 aliphatic heterocycles. The van der Waals surface area contributed by atoms with E-state index in [1.54, 1.807) is 19.2 Å². The molecule has 1 aromatic heterocycles. The Morgan fingerprint density at radius 1 is 1.43 bits per heavy atom. The van der Waals surface area contributed by atoms with Crippen molar-refractivity contribution in [1.29, 1.82) is 0 Å². The van der Waals surface area contributed by atoms with Crippen molar-refractivity contribution in [1.82, 2.24) is 4.98 Å². The predicted octanol–water partition coefficient (Wildman–Crippen LogP) is 1.99. The van der Waals surface area contributed by atoms with Crippen molar-refractivity contribution >= 4 is 23.9 Å². The van der Waals surface area contributed by atoms with Crippen LogP contribution in [0.1, 0.15) is 25.7 Å². The molecule has 1 saturated carbocycles. The number of aromatic nitrogens is 1. The third-order valence-electron chi connectivity index (χ3n) is 4.36. The Labute approximate surface area is 135 Å². The largest absolute Gasteiger partial charge is 0.481 e. The molecule has 1 aliphatic carbocycles. The molecule has 2 rings (SSSR count). The maximum absolute atomic E-state index is 11.0. The molecule has 1 aromatic rings. The quantitative estimate of drug-likeness (QED) is 0.746. The van der Waals surface area contributed by atoms with Gasteiger partial charge in [0.05, 0.1) is 18.7 Å². The van der Waals surface area contributed by atoms with Gasteiger partial charge in [-0.15, -0.1) is 0 Å². The van der Waals surface area contributed by atoms with E-state index in [2.05, 4.69) is 10.3 Å². The molecule has 126 valence electrons. The van der Waals surface area contributed by atoms with Crippen LogP contribution in [0.5, 0.6) is 5.88 Å². The number of rotatable bonds is 7. The van der Waals surface area contributed by atoms with Crippen LogP contribution < -0.4 is 15.0 Å². The number of nitrogens with zero attached hydrogens (tertiary/aromatic N) is 2. The Kier molecular flexibility index (Phi) is 5.78. The summed E-state index contributed by atoms with van der Waals surface area (Å²) < 4.78 is 5.15. The van der Waals surface area contributed by atoms with Crippen molar-refractivity contribution in [2.75, 3.05) is 30.9 Å². The number of hydrogen-bond acceptors (Lipinski definition) is 5. The van der Waals surface area contributed by atoms with Gasteiger partial charge in [0.25, 0.3) is 0 Å². The summed E-state index contributed by atoms with van der Waals surface area (Å²) >= 11 is 0. The number of carboxylic acid groups (broad SMARTS) is 1. The van der Waals surface area contributed by atoms with E-state index in [1.165, 1.54) is 0 Å². The third-order valence-corrected chi connectivity index (χ3v) is 4.36. The van der Waals surface area contributed by atoms with Gasteiger partial charge in [0.1, 0.15) is 0 Å². The summed E-state index contributed by atoms with van der Waals surface area (Å²) in [6.07, 6.45) is 3.85. The first-order valence-corrected chi connectivity index (χ1v) is 7.74. The normalized spacial score (nSPS) is 20.6. The van der Waals surface area contributed by atoms with Gasteiger partial charge in [0, 0.05) is 19.7 Å². The number of pyridine rings is 1. The van der Waals surface area contributed by atoms with Gasteiger partial charge in [-0.05, 0) is 37.7 Å². The van der Waals surface area contributed by atoms with Crippen LogP contribution in [-0.4, -0.2) is 43.2 Å². The average molecular weight is 321 g/mol. The highest BCUT2D eigenvalue weighted by atomic mass is 16.5. The first-order chi connectivity index (χ1) is 11.0. The third kappa shape index (κ3) is 4.34. The van der Waals surface area contributed by atoms with Crippen molar-refractivity contribution in [3.63, 3.8) is 0 Å². The van der Waals surface area contributed by atoms with E-state index in [4.69, 9.17) is 9.84 Å². The molecule has 0 atom stereocenters. The molecule has 7 heteroatoms. The predicted molar refractivity (Wildman–Crippen MR) is 86.8 cm³/mol. The first-order valence-electron chi connectivity index (χ1n) is 7.74. The van der Waals surface area contributed by atoms with Crippen molar-refractivity contribution in [2.45, 2.75) is 25.7 Å². The summed E-state index contributed by atoms with van der Waals surface area (Å²) in [5.74, 6) is 0.657. The highest BCUT2D eigenvalue weighted by molar-refractivity contribution is 5.79. The number of amides is 1. The van der Waals surface area contributed by atoms with Crippen molar-refractivity contribution in [3.8, 4) is 5.88 Å². The molecule has 0 aromatic carbocycles. The van der Waals surface area contributed by atoms with Gasteiger partial charge in [-0.2, -0.15) is 4.98 Å². The second-order valence-corrected chi connectivity index (χ2v) is 5.92. The highest BCUT2D eigenvalue weighted by Crippen LogP contribution is 2.32. The SMILES string of the molecule is COc1ccc(NC=O)c(N(C)CC2CCC(C(=O)O)CC2)n1. The molecule has 0 bridgehead atoms. The number of carbonyl (C=O) groups is 2. The van der Waals surface area contributed by atoms with Crippen LogP contribution >= 0.6 is 0 Å². The molecule has 0 unspecified atom stereocenters. The Bertz CT molecular complexity index is 556. The Hall–Kier alpha value is -2.31. The van der Waals surface area contributed by atoms with E-state index in [0.29, 0.717) is 29.7 Å². The molecular formula is C16H23N3O4. The number of ether oxygens (including phenoxy) is 1. The van der Waals surface area contributed by atoms with Gasteiger partial charge < -0.3 is 20.1 Å². The fraction of sp³-hybridized carbons (Fsp3) is 0.562. The Balaban J connectivity index is 2.04. The number of carboxylic acids is 1. The minimum Gasteiger partial charge on any atom is -0.481 e. The lowest BCUT2D eigenvalue weighted by Gasteiger charge is -2.30. The van der Waals surface area contributed by atoms with E-state index in [-0.39, 0.29) is 5.92 Å². The van der Waals surface area contributed by atoms with Crippen LogP contribution in [-0.2, 0) is 9.59 Å². The molecule has 1 amide bonds. The molecule has 1 aliphatic rings. The maximum Gasteiger partial charge on any atom is 0.306 e. The smallest absolute Gasteiger partial charge is 0.306 e. The number of methoxy groups -OCH3 is 1. The van der Waals surface area contributed by atoms with Crippen LogP contribution in [0, 0.1) is 11.8 Å². The summed E-state index contributed by atoms with van der Waals surface area (Å²) in [7, 11) is 3.47. The van der Waals surface area contributed by atoms with Gasteiger partial charge in [-0.3, -0.25) is 9.59 Å². The number of nitrogens with one attached hydrogen (secondary N) is 1. The molecule has 1 fully saturated rings. The van der Waals surface area contributed by atoms with E-state index in [9.17, 15) is 9.59 Å². The van der Waals surface area contributed by atoms with Crippen LogP contribution in [0.4, 0.5) is 11.5 Å². The minimum absolute atomic E-state index is 0.209. The first kappa shape index (κ1) is 17.1. The fourth-order valence-electron chi connectivity index (χ4n) is 3.08. The van der Waals surface area contributed by atoms with Gasteiger partial charge in [-0.25, -0.2) is 0 Å². The number of hydrogen-bond donors (Lipinski definition) is 2. The summed E-state index contributed by atoms with van der Waals surface area (Å²) in [5.41, 5.74) is 0.627. The van der Waals surface area contributed by atoms with Gasteiger partial charge in [0.2, 0.25) is 12.3 Å². The molecule has 0 spiro atoms. The van der Waals surface area contributed by atoms with Crippen LogP contribution in [0.25, 0.3) is 0 Å². The monoisotopic (exact) mass is 321 g/mol. The summed E-state index contributed by atoms with van der Waals surface area (Å²) in [4.78, 5) is 28.2. The zero-order chi connectivity index (χ0) is 16.8. The van der Waals surface area contributed by atoms with Crippen LogP contribution in [0.2, 0.25) is 0 Å². The maximum atomic E-state index is 11.0. The molecular weight excluding hydrogens is 298 g/mol. The molecule has 23 heavy (non-hydrogen) atoms. The van der Waals surface area contributed by atoms with E-state index >= 15 is 0 Å². The zero-order valence-corrected chi connectivity index (χ0v) is 13.5. The lowest BCUT2D eigenvalue weighted by atomic mass is 9.82. The number of carbonyl (C=O) groups excluding carboxylic acids is 1. The lowest BCUT2D eigenvalue weighted by Crippen LogP contribution is -2.31. The van der Waals surface area contributed by atoms with E-state index in [1.807, 2.05) is 11.9 Å². The van der Waals surface area contributed by atoms with E-state index in [0.717, 1.165) is 32.2 Å². The fourth-order valence-corrected chi connectivity index (χ4v) is 3.08. The van der Waals surface area contributed by atoms with Crippen LogP contribution in [0.3, 0.4) is 0 Å². The van der Waals surface area contributed by atoms with Gasteiger partial charge in [0.15, 0.2) is 5.82 Å². The molecule has 7 nitrogen and oxygen atoms in total. The van der Waals surface area contributed by atoms with Crippen molar-refractivity contribution in [3.05, 3.63) is 12.1 Å². The van der Waals surface area contributed by atoms with Gasteiger partial charge >= 0.3 is 5.97 Å². The zero-order valence-electron chi connectivity index (χ0n) is 13.5. The topological polar surface area (TPSA) is 91.8 Å². The minimum atomic E-state index is -0.691. The average Bonchev–Trinajstić information content (AvgIpc) is 2.56. The summed E-state index contributed by atoms with van der Waals surface area (Å²) in [6.45, 7) is 0.764. The highest BCUT2D eigenvalue weighted by Gasteiger charge is 2.27. The Morgan fingerprint density at radius 3 is 2.70 bits per heavy atom. The second kappa shape index (κ2) is 7.80. The lowest BCUT2D eigenvalue weighted by molar-refractivity contribution is -0.143. The molecule has 0 saturated heterocycles. The van der Waals surface area contributed by atoms with Crippen LogP contribution in [0.15, 0.2) is 12.1 Å². The molecule has 1 heterocycles. The number of anilines is 2. The van der Waals surface area contributed by atoms with Crippen molar-refractivity contribution < 1.29 is 19.4 Å². The van der Waals surface area contributed by atoms with E-state index < -0.39 is 5.97 Å². The second-order valence-electron chi connectivity index (χ2n) is 5.92. The molecule has 0 radical (unpaired) electrons. The summed E-state index contributed by atoms with van der Waals surface area (Å²) in [5, 5.41) is 11.7. The summed E-state index contributed by atoms with van der Waals surface area (Å²) in [6, 6.07) is 3.45.